The normalized spacial score (nSPS) is 44.7. The molecule has 66 valence electrons. The summed E-state index contributed by atoms with van der Waals surface area (Å²) in [5.74, 6) is 0. The van der Waals surface area contributed by atoms with E-state index in [0.717, 1.165) is 0 Å². The first-order chi connectivity index (χ1) is 5.20. The van der Waals surface area contributed by atoms with Gasteiger partial charge in [-0.2, -0.15) is 11.8 Å². The molecule has 1 rings (SSSR count). The zero-order valence-corrected chi connectivity index (χ0v) is 6.99. The van der Waals surface area contributed by atoms with E-state index < -0.39 is 18.5 Å². The Morgan fingerprint density at radius 3 is 2.36 bits per heavy atom. The molecule has 4 atom stereocenters. The molecule has 1 saturated heterocycles. The van der Waals surface area contributed by atoms with Gasteiger partial charge in [-0.1, -0.05) is 0 Å². The van der Waals surface area contributed by atoms with E-state index in [-0.39, 0.29) is 11.9 Å². The van der Waals surface area contributed by atoms with Gasteiger partial charge in [0.1, 0.15) is 6.10 Å². The molecule has 1 heterocycles. The third-order valence-corrected chi connectivity index (χ3v) is 2.82. The van der Waals surface area contributed by atoms with Crippen molar-refractivity contribution in [3.8, 4) is 0 Å². The van der Waals surface area contributed by atoms with Gasteiger partial charge in [-0.3, -0.25) is 0 Å². The summed E-state index contributed by atoms with van der Waals surface area (Å²) >= 11 is 1.33. The lowest BCUT2D eigenvalue weighted by atomic mass is 10.2. The fraction of sp³-hybridized carbons (Fsp3) is 1.00. The third kappa shape index (κ3) is 1.68. The van der Waals surface area contributed by atoms with Crippen LogP contribution in [-0.4, -0.2) is 51.9 Å². The summed E-state index contributed by atoms with van der Waals surface area (Å²) in [5, 5.41) is 26.8. The Bertz CT molecular complexity index is 132. The quantitative estimate of drug-likeness (QED) is 0.497. The number of aliphatic hydroxyl groups excluding tert-OH is 3. The highest BCUT2D eigenvalue weighted by atomic mass is 32.2. The Balaban J connectivity index is 2.55. The maximum atomic E-state index is 9.35. The average Bonchev–Trinajstić information content (AvgIpc) is 2.26. The van der Waals surface area contributed by atoms with Crippen LogP contribution in [0.25, 0.3) is 0 Å². The van der Waals surface area contributed by atoms with Crippen LogP contribution in [0.3, 0.4) is 0 Å². The van der Waals surface area contributed by atoms with Crippen molar-refractivity contribution < 1.29 is 20.1 Å². The van der Waals surface area contributed by atoms with Crippen molar-refractivity contribution in [2.24, 2.45) is 0 Å². The van der Waals surface area contributed by atoms with Gasteiger partial charge in [0, 0.05) is 0 Å². The lowest BCUT2D eigenvalue weighted by Crippen LogP contribution is -2.31. The molecule has 0 aromatic carbocycles. The molecule has 1 fully saturated rings. The second-order valence-corrected chi connectivity index (χ2v) is 3.45. The van der Waals surface area contributed by atoms with Gasteiger partial charge in [-0.25, -0.2) is 0 Å². The van der Waals surface area contributed by atoms with Crippen LogP contribution >= 0.6 is 11.8 Å². The molecule has 1 aliphatic rings. The van der Waals surface area contributed by atoms with Gasteiger partial charge in [0.2, 0.25) is 0 Å². The van der Waals surface area contributed by atoms with Crippen molar-refractivity contribution in [1.82, 2.24) is 0 Å². The number of aliphatic hydroxyl groups is 3. The van der Waals surface area contributed by atoms with E-state index in [1.165, 1.54) is 11.8 Å². The molecular weight excluding hydrogens is 168 g/mol. The smallest absolute Gasteiger partial charge is 0.169 e. The lowest BCUT2D eigenvalue weighted by Gasteiger charge is -2.13. The minimum atomic E-state index is -0.961. The van der Waals surface area contributed by atoms with Crippen LogP contribution in [-0.2, 0) is 4.74 Å². The van der Waals surface area contributed by atoms with Gasteiger partial charge < -0.3 is 20.1 Å². The maximum Gasteiger partial charge on any atom is 0.169 e. The Labute approximate surface area is 69.2 Å². The van der Waals surface area contributed by atoms with Crippen LogP contribution in [0.1, 0.15) is 0 Å². The molecular formula is C6H12O4S. The zero-order valence-electron chi connectivity index (χ0n) is 6.17. The van der Waals surface area contributed by atoms with E-state index in [1.54, 1.807) is 6.26 Å². The molecule has 0 spiro atoms. The molecule has 11 heavy (non-hydrogen) atoms. The van der Waals surface area contributed by atoms with Gasteiger partial charge in [-0.05, 0) is 6.26 Å². The maximum absolute atomic E-state index is 9.35. The molecule has 5 heteroatoms. The fourth-order valence-electron chi connectivity index (χ4n) is 1.12. The summed E-state index contributed by atoms with van der Waals surface area (Å²) in [6.07, 6.45) is -0.593. The topological polar surface area (TPSA) is 69.9 Å². The molecule has 0 radical (unpaired) electrons. The minimum Gasteiger partial charge on any atom is -0.394 e. The largest absolute Gasteiger partial charge is 0.394 e. The van der Waals surface area contributed by atoms with Gasteiger partial charge in [0.15, 0.2) is 6.29 Å². The Morgan fingerprint density at radius 1 is 1.45 bits per heavy atom. The molecule has 3 N–H and O–H groups in total. The molecule has 0 amide bonds. The van der Waals surface area contributed by atoms with Crippen LogP contribution in [0.4, 0.5) is 0 Å². The molecule has 4 unspecified atom stereocenters. The van der Waals surface area contributed by atoms with Crippen LogP contribution in [0.5, 0.6) is 0 Å². The van der Waals surface area contributed by atoms with Gasteiger partial charge in [0.05, 0.1) is 18.0 Å². The summed E-state index contributed by atoms with van der Waals surface area (Å²) < 4.78 is 4.86. The van der Waals surface area contributed by atoms with Crippen molar-refractivity contribution in [2.75, 3.05) is 12.9 Å². The molecule has 0 bridgehead atoms. The third-order valence-electron chi connectivity index (χ3n) is 1.76. The van der Waals surface area contributed by atoms with E-state index in [1.807, 2.05) is 0 Å². The van der Waals surface area contributed by atoms with Crippen LogP contribution < -0.4 is 0 Å². The van der Waals surface area contributed by atoms with E-state index >= 15 is 0 Å². The summed E-state index contributed by atoms with van der Waals surface area (Å²) in [7, 11) is 0. The number of hydrogen-bond acceptors (Lipinski definition) is 5. The first kappa shape index (κ1) is 9.28. The standard InChI is InChI=1S/C6H12O4S/c1-11-5-4(8)3(2-7)10-6(5)9/h3-9H,2H2,1H3. The van der Waals surface area contributed by atoms with Crippen LogP contribution in [0.15, 0.2) is 0 Å². The van der Waals surface area contributed by atoms with E-state index in [2.05, 4.69) is 0 Å². The monoisotopic (exact) mass is 180 g/mol. The lowest BCUT2D eigenvalue weighted by molar-refractivity contribution is -0.106. The molecule has 4 nitrogen and oxygen atoms in total. The van der Waals surface area contributed by atoms with Crippen LogP contribution in [0.2, 0.25) is 0 Å². The van der Waals surface area contributed by atoms with Gasteiger partial charge in [0.25, 0.3) is 0 Å². The predicted molar refractivity (Wildman–Crippen MR) is 41.3 cm³/mol. The Morgan fingerprint density at radius 2 is 2.09 bits per heavy atom. The SMILES string of the molecule is CSC1C(O)OC(CO)C1O. The summed E-state index contributed by atoms with van der Waals surface area (Å²) in [6.45, 7) is -0.255. The van der Waals surface area contributed by atoms with Gasteiger partial charge in [-0.15, -0.1) is 0 Å². The summed E-state index contributed by atoms with van der Waals surface area (Å²) in [5.41, 5.74) is 0. The second kappa shape index (κ2) is 3.73. The molecule has 0 saturated carbocycles. The van der Waals surface area contributed by atoms with Crippen molar-refractivity contribution >= 4 is 11.8 Å². The van der Waals surface area contributed by atoms with Gasteiger partial charge >= 0.3 is 0 Å². The highest BCUT2D eigenvalue weighted by molar-refractivity contribution is 7.99. The van der Waals surface area contributed by atoms with Crippen molar-refractivity contribution in [3.63, 3.8) is 0 Å². The number of ether oxygens (including phenoxy) is 1. The average molecular weight is 180 g/mol. The first-order valence-corrected chi connectivity index (χ1v) is 4.64. The van der Waals surface area contributed by atoms with E-state index in [4.69, 9.17) is 14.9 Å². The fourth-order valence-corrected chi connectivity index (χ4v) is 1.88. The Hall–Kier alpha value is 0.190. The first-order valence-electron chi connectivity index (χ1n) is 3.36. The number of thioether (sulfide) groups is 1. The molecule has 0 aromatic heterocycles. The molecule has 1 aliphatic heterocycles. The highest BCUT2D eigenvalue weighted by Crippen LogP contribution is 2.27. The van der Waals surface area contributed by atoms with Crippen molar-refractivity contribution in [3.05, 3.63) is 0 Å². The highest BCUT2D eigenvalue weighted by Gasteiger charge is 2.41. The zero-order chi connectivity index (χ0) is 8.43. The molecule has 0 aliphatic carbocycles. The van der Waals surface area contributed by atoms with E-state index in [9.17, 15) is 5.11 Å². The molecule has 0 aromatic rings. The summed E-state index contributed by atoms with van der Waals surface area (Å²) in [4.78, 5) is 0. The van der Waals surface area contributed by atoms with E-state index in [0.29, 0.717) is 0 Å². The number of hydrogen-bond donors (Lipinski definition) is 3. The number of rotatable bonds is 2. The minimum absolute atomic E-state index is 0.255. The van der Waals surface area contributed by atoms with Crippen molar-refractivity contribution in [1.29, 1.82) is 0 Å². The Kier molecular flexibility index (Phi) is 3.15. The second-order valence-electron chi connectivity index (χ2n) is 2.44. The van der Waals surface area contributed by atoms with Crippen molar-refractivity contribution in [2.45, 2.75) is 23.7 Å². The summed E-state index contributed by atoms with van der Waals surface area (Å²) in [6, 6.07) is 0. The van der Waals surface area contributed by atoms with Crippen LogP contribution in [0, 0.1) is 0 Å². The predicted octanol–water partition coefficient (Wildman–Crippen LogP) is -1.21.